The molecule has 1 aromatic carbocycles. The highest BCUT2D eigenvalue weighted by molar-refractivity contribution is 9.10. The standard InChI is InChI=1S/C21H28BrN3O/c1-25(2)14-15-5-8-18(9-6-15)24-21-16(4-3-11-26)13-23-20-10-7-17(22)12-19(20)21/h7,10-13,15,18H,3-6,8-9,14H2,1-2H3,(H,23,24). The van der Waals surface area contributed by atoms with Gasteiger partial charge < -0.3 is 15.0 Å². The zero-order valence-electron chi connectivity index (χ0n) is 15.7. The second kappa shape index (κ2) is 8.96. The molecular formula is C21H28BrN3O. The number of aldehydes is 1. The number of hydrogen-bond acceptors (Lipinski definition) is 4. The van der Waals surface area contributed by atoms with Crippen molar-refractivity contribution in [2.45, 2.75) is 44.6 Å². The molecule has 2 aromatic rings. The number of nitrogens with zero attached hydrogens (tertiary/aromatic N) is 2. The largest absolute Gasteiger partial charge is 0.381 e. The zero-order valence-corrected chi connectivity index (χ0v) is 17.3. The second-order valence-electron chi connectivity index (χ2n) is 7.65. The van der Waals surface area contributed by atoms with E-state index in [1.165, 1.54) is 32.2 Å². The molecule has 26 heavy (non-hydrogen) atoms. The van der Waals surface area contributed by atoms with Crippen molar-refractivity contribution in [2.24, 2.45) is 5.92 Å². The van der Waals surface area contributed by atoms with Crippen molar-refractivity contribution in [1.29, 1.82) is 0 Å². The third-order valence-corrected chi connectivity index (χ3v) is 5.75. The summed E-state index contributed by atoms with van der Waals surface area (Å²) in [4.78, 5) is 17.8. The van der Waals surface area contributed by atoms with E-state index in [0.29, 0.717) is 12.5 Å². The Bertz CT molecular complexity index is 754. The Kier molecular flexibility index (Phi) is 6.65. The third kappa shape index (κ3) is 4.83. The van der Waals surface area contributed by atoms with Gasteiger partial charge in [0.25, 0.3) is 0 Å². The van der Waals surface area contributed by atoms with Gasteiger partial charge in [-0.2, -0.15) is 0 Å². The molecule has 140 valence electrons. The number of carbonyl (C=O) groups excluding carboxylic acids is 1. The van der Waals surface area contributed by atoms with Crippen LogP contribution >= 0.6 is 15.9 Å². The number of anilines is 1. The average Bonchev–Trinajstić information content (AvgIpc) is 2.62. The number of aromatic nitrogens is 1. The maximum absolute atomic E-state index is 10.9. The molecule has 0 amide bonds. The van der Waals surface area contributed by atoms with Crippen LogP contribution in [0.1, 0.15) is 37.7 Å². The minimum Gasteiger partial charge on any atom is -0.381 e. The molecule has 1 aromatic heterocycles. The monoisotopic (exact) mass is 417 g/mol. The van der Waals surface area contributed by atoms with Crippen LogP contribution in [0.15, 0.2) is 28.9 Å². The van der Waals surface area contributed by atoms with Crippen LogP contribution in [0.2, 0.25) is 0 Å². The lowest BCUT2D eigenvalue weighted by Gasteiger charge is -2.32. The van der Waals surface area contributed by atoms with E-state index in [4.69, 9.17) is 0 Å². The smallest absolute Gasteiger partial charge is 0.120 e. The van der Waals surface area contributed by atoms with Gasteiger partial charge in [0.1, 0.15) is 6.29 Å². The van der Waals surface area contributed by atoms with Gasteiger partial charge >= 0.3 is 0 Å². The van der Waals surface area contributed by atoms with Gasteiger partial charge in [-0.1, -0.05) is 15.9 Å². The molecule has 1 saturated carbocycles. The van der Waals surface area contributed by atoms with Gasteiger partial charge in [0.05, 0.1) is 5.52 Å². The van der Waals surface area contributed by atoms with Gasteiger partial charge in [-0.25, -0.2) is 0 Å². The van der Waals surface area contributed by atoms with Crippen LogP contribution in [-0.4, -0.2) is 42.9 Å². The normalized spacial score (nSPS) is 20.5. The Morgan fingerprint density at radius 1 is 1.27 bits per heavy atom. The first-order valence-corrected chi connectivity index (χ1v) is 10.3. The number of pyridine rings is 1. The van der Waals surface area contributed by atoms with E-state index in [2.05, 4.69) is 51.3 Å². The van der Waals surface area contributed by atoms with Crippen molar-refractivity contribution in [3.63, 3.8) is 0 Å². The third-order valence-electron chi connectivity index (χ3n) is 5.26. The van der Waals surface area contributed by atoms with E-state index in [-0.39, 0.29) is 0 Å². The van der Waals surface area contributed by atoms with Crippen LogP contribution < -0.4 is 5.32 Å². The second-order valence-corrected chi connectivity index (χ2v) is 8.57. The van der Waals surface area contributed by atoms with E-state index in [1.807, 2.05) is 18.3 Å². The fourth-order valence-electron chi connectivity index (χ4n) is 3.99. The van der Waals surface area contributed by atoms with Crippen LogP contribution in [0.25, 0.3) is 10.9 Å². The Morgan fingerprint density at radius 3 is 2.73 bits per heavy atom. The van der Waals surface area contributed by atoms with Crippen LogP contribution in [0, 0.1) is 5.92 Å². The first kappa shape index (κ1) is 19.3. The Hall–Kier alpha value is -1.46. The van der Waals surface area contributed by atoms with Gasteiger partial charge in [-0.05, 0) is 75.9 Å². The van der Waals surface area contributed by atoms with Gasteiger partial charge in [0.15, 0.2) is 0 Å². The molecule has 3 rings (SSSR count). The lowest BCUT2D eigenvalue weighted by Crippen LogP contribution is -2.31. The highest BCUT2D eigenvalue weighted by Gasteiger charge is 2.23. The number of hydrogen-bond donors (Lipinski definition) is 1. The minimum absolute atomic E-state index is 0.493. The maximum Gasteiger partial charge on any atom is 0.120 e. The van der Waals surface area contributed by atoms with Crippen molar-refractivity contribution in [3.8, 4) is 0 Å². The zero-order chi connectivity index (χ0) is 18.5. The highest BCUT2D eigenvalue weighted by atomic mass is 79.9. The number of carbonyl (C=O) groups is 1. The van der Waals surface area contributed by atoms with Gasteiger partial charge in [-0.3, -0.25) is 4.98 Å². The Morgan fingerprint density at radius 2 is 2.04 bits per heavy atom. The van der Waals surface area contributed by atoms with Crippen molar-refractivity contribution in [1.82, 2.24) is 9.88 Å². The van der Waals surface area contributed by atoms with Crippen LogP contribution in [-0.2, 0) is 11.2 Å². The number of nitrogens with one attached hydrogen (secondary N) is 1. The topological polar surface area (TPSA) is 45.2 Å². The first-order chi connectivity index (χ1) is 12.6. The van der Waals surface area contributed by atoms with Crippen molar-refractivity contribution < 1.29 is 4.79 Å². The van der Waals surface area contributed by atoms with Crippen LogP contribution in [0.4, 0.5) is 5.69 Å². The molecule has 0 spiro atoms. The van der Waals surface area contributed by atoms with Gasteiger partial charge in [0.2, 0.25) is 0 Å². The molecule has 0 atom stereocenters. The lowest BCUT2D eigenvalue weighted by atomic mass is 9.85. The number of aryl methyl sites for hydroxylation is 1. The van der Waals surface area contributed by atoms with Crippen molar-refractivity contribution in [3.05, 3.63) is 34.4 Å². The fourth-order valence-corrected chi connectivity index (χ4v) is 4.35. The predicted molar refractivity (Wildman–Crippen MR) is 112 cm³/mol. The summed E-state index contributed by atoms with van der Waals surface area (Å²) >= 11 is 3.58. The molecule has 1 N–H and O–H groups in total. The molecule has 1 aliphatic rings. The minimum atomic E-state index is 0.493. The molecule has 0 unspecified atom stereocenters. The summed E-state index contributed by atoms with van der Waals surface area (Å²) in [5.74, 6) is 0.806. The quantitative estimate of drug-likeness (QED) is 0.665. The summed E-state index contributed by atoms with van der Waals surface area (Å²) in [6.07, 6.45) is 9.12. The molecule has 0 bridgehead atoms. The molecule has 1 aliphatic carbocycles. The number of benzene rings is 1. The summed E-state index contributed by atoms with van der Waals surface area (Å²) in [5, 5.41) is 4.95. The molecular weight excluding hydrogens is 390 g/mol. The number of halogens is 1. The van der Waals surface area contributed by atoms with Crippen molar-refractivity contribution >= 4 is 38.8 Å². The Balaban J connectivity index is 1.81. The summed E-state index contributed by atoms with van der Waals surface area (Å²) in [6, 6.07) is 6.69. The summed E-state index contributed by atoms with van der Waals surface area (Å²) in [5.41, 5.74) is 3.29. The molecule has 0 radical (unpaired) electrons. The summed E-state index contributed by atoms with van der Waals surface area (Å²) in [7, 11) is 4.31. The van der Waals surface area contributed by atoms with E-state index >= 15 is 0 Å². The van der Waals surface area contributed by atoms with E-state index in [1.54, 1.807) is 0 Å². The Labute approximate surface area is 164 Å². The van der Waals surface area contributed by atoms with Gasteiger partial charge in [0, 0.05) is 40.8 Å². The fraction of sp³-hybridized carbons (Fsp3) is 0.524. The van der Waals surface area contributed by atoms with E-state index in [9.17, 15) is 4.79 Å². The molecule has 0 saturated heterocycles. The lowest BCUT2D eigenvalue weighted by molar-refractivity contribution is -0.107. The van der Waals surface area contributed by atoms with Crippen molar-refractivity contribution in [2.75, 3.05) is 26.0 Å². The first-order valence-electron chi connectivity index (χ1n) is 9.49. The van der Waals surface area contributed by atoms with E-state index in [0.717, 1.165) is 45.3 Å². The highest BCUT2D eigenvalue weighted by Crippen LogP contribution is 2.33. The molecule has 0 aliphatic heterocycles. The molecule has 1 heterocycles. The average molecular weight is 418 g/mol. The maximum atomic E-state index is 10.9. The number of rotatable bonds is 7. The van der Waals surface area contributed by atoms with Crippen LogP contribution in [0.3, 0.4) is 0 Å². The summed E-state index contributed by atoms with van der Waals surface area (Å²) in [6.45, 7) is 1.18. The van der Waals surface area contributed by atoms with E-state index < -0.39 is 0 Å². The number of fused-ring (bicyclic) bond motifs is 1. The SMILES string of the molecule is CN(C)CC1CCC(Nc2c(CCC=O)cnc3ccc(Br)cc23)CC1. The molecule has 4 nitrogen and oxygen atoms in total. The van der Waals surface area contributed by atoms with Crippen LogP contribution in [0.5, 0.6) is 0 Å². The molecule has 5 heteroatoms. The molecule has 1 fully saturated rings. The predicted octanol–water partition coefficient (Wildman–Crippen LogP) is 4.66. The van der Waals surface area contributed by atoms with Gasteiger partial charge in [-0.15, -0.1) is 0 Å². The summed E-state index contributed by atoms with van der Waals surface area (Å²) < 4.78 is 1.05.